The van der Waals surface area contributed by atoms with Crippen LogP contribution in [0.25, 0.3) is 6.08 Å². The van der Waals surface area contributed by atoms with Gasteiger partial charge in [-0.2, -0.15) is 13.2 Å². The number of allylic oxidation sites excluding steroid dienone is 2. The number of amides is 2. The number of nitrogens with one attached hydrogen (secondary N) is 2. The molecule has 1 atom stereocenters. The van der Waals surface area contributed by atoms with Gasteiger partial charge in [0.1, 0.15) is 11.5 Å². The quantitative estimate of drug-likeness (QED) is 0.333. The number of methoxy groups -OCH3 is 1. The van der Waals surface area contributed by atoms with Crippen molar-refractivity contribution in [3.05, 3.63) is 88.2 Å². The van der Waals surface area contributed by atoms with Crippen LogP contribution in [0.2, 0.25) is 0 Å². The zero-order chi connectivity index (χ0) is 28.8. The Morgan fingerprint density at radius 2 is 1.92 bits per heavy atom. The van der Waals surface area contributed by atoms with Crippen molar-refractivity contribution in [3.63, 3.8) is 0 Å². The molecule has 0 aromatic heterocycles. The number of hydrogen-bond donors (Lipinski definition) is 3. The lowest BCUT2D eigenvalue weighted by atomic mass is 9.80. The topological polar surface area (TPSA) is 87.7 Å². The van der Waals surface area contributed by atoms with Crippen LogP contribution in [0.1, 0.15) is 50.3 Å². The Morgan fingerprint density at radius 1 is 1.18 bits per heavy atom. The van der Waals surface area contributed by atoms with Crippen LogP contribution in [-0.4, -0.2) is 30.6 Å². The number of anilines is 1. The van der Waals surface area contributed by atoms with Crippen molar-refractivity contribution in [2.75, 3.05) is 19.0 Å². The molecular formula is C30H33F3N2O4. The summed E-state index contributed by atoms with van der Waals surface area (Å²) in [6.07, 6.45) is 1.71. The minimum Gasteiger partial charge on any atom is -0.508 e. The second kappa shape index (κ2) is 12.2. The lowest BCUT2D eigenvalue weighted by molar-refractivity contribution is -0.137. The van der Waals surface area contributed by atoms with E-state index in [1.807, 2.05) is 19.9 Å². The molecule has 0 radical (unpaired) electrons. The molecule has 39 heavy (non-hydrogen) atoms. The molecule has 0 saturated carbocycles. The van der Waals surface area contributed by atoms with Gasteiger partial charge in [0.2, 0.25) is 11.8 Å². The first kappa shape index (κ1) is 29.5. The van der Waals surface area contributed by atoms with Gasteiger partial charge in [-0.05, 0) is 69.0 Å². The van der Waals surface area contributed by atoms with E-state index in [0.29, 0.717) is 36.4 Å². The van der Waals surface area contributed by atoms with E-state index in [4.69, 9.17) is 4.74 Å². The summed E-state index contributed by atoms with van der Waals surface area (Å²) < 4.78 is 44.3. The number of benzene rings is 2. The van der Waals surface area contributed by atoms with Gasteiger partial charge in [-0.3, -0.25) is 9.59 Å². The highest BCUT2D eigenvalue weighted by Crippen LogP contribution is 2.33. The Bertz CT molecular complexity index is 1330. The smallest absolute Gasteiger partial charge is 0.416 e. The monoisotopic (exact) mass is 542 g/mol. The molecule has 3 rings (SSSR count). The number of carbonyl (C=O) groups is 2. The van der Waals surface area contributed by atoms with Crippen LogP contribution >= 0.6 is 0 Å². The molecule has 1 aliphatic carbocycles. The summed E-state index contributed by atoms with van der Waals surface area (Å²) in [6.45, 7) is 5.97. The van der Waals surface area contributed by atoms with Gasteiger partial charge in [-0.15, -0.1) is 0 Å². The van der Waals surface area contributed by atoms with Crippen molar-refractivity contribution >= 4 is 23.6 Å². The van der Waals surface area contributed by atoms with Crippen LogP contribution in [-0.2, 0) is 22.2 Å². The van der Waals surface area contributed by atoms with Crippen LogP contribution in [0, 0.1) is 5.41 Å². The number of aliphatic hydroxyl groups excluding tert-OH is 1. The molecule has 2 amide bonds. The Labute approximate surface area is 226 Å². The number of ether oxygens (including phenoxy) is 1. The van der Waals surface area contributed by atoms with Crippen molar-refractivity contribution in [2.45, 2.75) is 46.2 Å². The van der Waals surface area contributed by atoms with E-state index in [2.05, 4.69) is 10.6 Å². The average molecular weight is 543 g/mol. The first-order chi connectivity index (χ1) is 18.3. The van der Waals surface area contributed by atoms with Gasteiger partial charge in [-0.1, -0.05) is 35.9 Å². The molecule has 208 valence electrons. The minimum absolute atomic E-state index is 0.110. The molecule has 1 aliphatic rings. The zero-order valence-corrected chi connectivity index (χ0v) is 22.4. The molecule has 0 bridgehead atoms. The number of alkyl halides is 3. The van der Waals surface area contributed by atoms with Gasteiger partial charge in [0.15, 0.2) is 0 Å². The fourth-order valence-corrected chi connectivity index (χ4v) is 4.31. The summed E-state index contributed by atoms with van der Waals surface area (Å²) in [5, 5.41) is 15.4. The van der Waals surface area contributed by atoms with Crippen molar-refractivity contribution in [3.8, 4) is 5.75 Å². The van der Waals surface area contributed by atoms with E-state index in [1.165, 1.54) is 19.2 Å². The summed E-state index contributed by atoms with van der Waals surface area (Å²) in [5.74, 6) is 0.154. The van der Waals surface area contributed by atoms with Crippen LogP contribution < -0.4 is 15.4 Å². The summed E-state index contributed by atoms with van der Waals surface area (Å²) in [7, 11) is 1.50. The molecule has 2 aromatic rings. The van der Waals surface area contributed by atoms with Gasteiger partial charge in [0.05, 0.1) is 24.5 Å². The molecule has 0 fully saturated rings. The molecule has 0 saturated heterocycles. The van der Waals surface area contributed by atoms with Gasteiger partial charge in [0, 0.05) is 23.9 Å². The Kier molecular flexibility index (Phi) is 9.27. The number of halogens is 3. The number of hydrogen-bond acceptors (Lipinski definition) is 4. The van der Waals surface area contributed by atoms with E-state index in [-0.39, 0.29) is 23.7 Å². The van der Waals surface area contributed by atoms with Crippen molar-refractivity contribution in [1.29, 1.82) is 0 Å². The average Bonchev–Trinajstić information content (AvgIpc) is 2.87. The normalized spacial score (nSPS) is 17.7. The molecule has 0 spiro atoms. The van der Waals surface area contributed by atoms with Crippen LogP contribution in [0.15, 0.2) is 71.5 Å². The first-order valence-corrected chi connectivity index (χ1v) is 12.5. The van der Waals surface area contributed by atoms with Crippen LogP contribution in [0.3, 0.4) is 0 Å². The van der Waals surface area contributed by atoms with E-state index >= 15 is 0 Å². The predicted molar refractivity (Wildman–Crippen MR) is 145 cm³/mol. The fourth-order valence-electron chi connectivity index (χ4n) is 4.31. The number of carbonyl (C=O) groups excluding carboxylic acids is 2. The van der Waals surface area contributed by atoms with Gasteiger partial charge >= 0.3 is 6.18 Å². The standard InChI is InChI=1S/C30H33F3N2O4/c1-19(11-13-34-28(38)29(3)12-10-25(36)20(2)18-29)14-22-8-9-24(17-26(22)39-4)35-27(37)16-21-6-5-7-23(15-21)30(31,32)33/h5-10,14-15,17-18,36H,11-13,16H2,1-4H3,(H,34,38)(H,35,37)/b19-14+. The first-order valence-electron chi connectivity index (χ1n) is 12.5. The van der Waals surface area contributed by atoms with E-state index < -0.39 is 23.1 Å². The third kappa shape index (κ3) is 7.99. The highest BCUT2D eigenvalue weighted by Gasteiger charge is 2.33. The largest absolute Gasteiger partial charge is 0.508 e. The molecule has 3 N–H and O–H groups in total. The van der Waals surface area contributed by atoms with Crippen LogP contribution in [0.5, 0.6) is 5.75 Å². The number of aliphatic hydroxyl groups is 1. The van der Waals surface area contributed by atoms with Crippen molar-refractivity contribution in [1.82, 2.24) is 5.32 Å². The third-order valence-electron chi connectivity index (χ3n) is 6.52. The van der Waals surface area contributed by atoms with Crippen LogP contribution in [0.4, 0.5) is 18.9 Å². The summed E-state index contributed by atoms with van der Waals surface area (Å²) >= 11 is 0. The van der Waals surface area contributed by atoms with Crippen molar-refractivity contribution in [2.24, 2.45) is 5.41 Å². The maximum absolute atomic E-state index is 12.9. The molecule has 9 heteroatoms. The van der Waals surface area contributed by atoms with Gasteiger partial charge < -0.3 is 20.5 Å². The molecular weight excluding hydrogens is 509 g/mol. The maximum Gasteiger partial charge on any atom is 0.416 e. The maximum atomic E-state index is 12.9. The molecule has 1 unspecified atom stereocenters. The summed E-state index contributed by atoms with van der Waals surface area (Å²) in [6, 6.07) is 9.80. The Balaban J connectivity index is 1.58. The SMILES string of the molecule is COc1cc(NC(=O)Cc2cccc(C(F)(F)F)c2)ccc1/C=C(\C)CCNC(=O)C1(C)C=C(C)C(O)=CC1. The highest BCUT2D eigenvalue weighted by atomic mass is 19.4. The van der Waals surface area contributed by atoms with Gasteiger partial charge in [-0.25, -0.2) is 0 Å². The minimum atomic E-state index is -4.47. The molecule has 0 heterocycles. The fraction of sp³-hybridized carbons (Fsp3) is 0.333. The zero-order valence-electron chi connectivity index (χ0n) is 22.4. The summed E-state index contributed by atoms with van der Waals surface area (Å²) in [5.41, 5.74) is 1.65. The third-order valence-corrected chi connectivity index (χ3v) is 6.52. The van der Waals surface area contributed by atoms with Crippen molar-refractivity contribution < 1.29 is 32.6 Å². The molecule has 6 nitrogen and oxygen atoms in total. The Hall–Kier alpha value is -4.01. The van der Waals surface area contributed by atoms with E-state index in [1.54, 1.807) is 37.3 Å². The highest BCUT2D eigenvalue weighted by molar-refractivity contribution is 5.92. The lowest BCUT2D eigenvalue weighted by Crippen LogP contribution is -2.39. The molecule has 0 aliphatic heterocycles. The second-order valence-corrected chi connectivity index (χ2v) is 9.91. The lowest BCUT2D eigenvalue weighted by Gasteiger charge is -2.27. The Morgan fingerprint density at radius 3 is 2.59 bits per heavy atom. The number of rotatable bonds is 9. The summed E-state index contributed by atoms with van der Waals surface area (Å²) in [4.78, 5) is 25.2. The van der Waals surface area contributed by atoms with Gasteiger partial charge in [0.25, 0.3) is 0 Å². The predicted octanol–water partition coefficient (Wildman–Crippen LogP) is 6.60. The van der Waals surface area contributed by atoms with E-state index in [0.717, 1.165) is 23.3 Å². The molecule has 2 aromatic carbocycles. The second-order valence-electron chi connectivity index (χ2n) is 9.91. The van der Waals surface area contributed by atoms with E-state index in [9.17, 15) is 27.9 Å².